The summed E-state index contributed by atoms with van der Waals surface area (Å²) in [5, 5.41) is 24.4. The number of benzene rings is 4. The summed E-state index contributed by atoms with van der Waals surface area (Å²) in [6, 6.07) is 18.6. The van der Waals surface area contributed by atoms with Crippen molar-refractivity contribution in [2.45, 2.75) is 12.0 Å². The summed E-state index contributed by atoms with van der Waals surface area (Å²) in [5.41, 5.74) is 1.71. The molecule has 1 aromatic heterocycles. The van der Waals surface area contributed by atoms with E-state index in [1.54, 1.807) is 29.2 Å². The van der Waals surface area contributed by atoms with Crippen LogP contribution in [0.3, 0.4) is 0 Å². The summed E-state index contributed by atoms with van der Waals surface area (Å²) in [6.07, 6.45) is -1.80. The molecule has 2 atom stereocenters. The number of carboxylic acids is 1. The van der Waals surface area contributed by atoms with Crippen LogP contribution in [0.15, 0.2) is 66.7 Å². The zero-order valence-electron chi connectivity index (χ0n) is 26.5. The second-order valence-corrected chi connectivity index (χ2v) is 12.4. The molecule has 0 saturated heterocycles. The van der Waals surface area contributed by atoms with Crippen molar-refractivity contribution in [2.24, 2.45) is 0 Å². The van der Waals surface area contributed by atoms with E-state index in [4.69, 9.17) is 30.5 Å². The number of aliphatic carboxylic acids is 1. The zero-order chi connectivity index (χ0) is 34.4. The quantitative estimate of drug-likeness (QED) is 0.0947. The van der Waals surface area contributed by atoms with Gasteiger partial charge >= 0.3 is 5.97 Å². The van der Waals surface area contributed by atoms with E-state index >= 15 is 0 Å². The average molecular weight is 687 g/mol. The molecule has 2 N–H and O–H groups in total. The Kier molecular flexibility index (Phi) is 8.38. The molecule has 0 bridgehead atoms. The lowest BCUT2D eigenvalue weighted by Crippen LogP contribution is -2.30. The monoisotopic (exact) mass is 686 g/mol. The van der Waals surface area contributed by atoms with E-state index in [0.717, 1.165) is 34.5 Å². The van der Waals surface area contributed by atoms with Crippen molar-refractivity contribution in [1.29, 1.82) is 0 Å². The molecule has 4 aromatic carbocycles. The van der Waals surface area contributed by atoms with E-state index in [9.17, 15) is 24.8 Å². The Morgan fingerprint density at radius 1 is 1.10 bits per heavy atom. The number of aromatic nitrogens is 1. The number of nitro benzene ring substituents is 1. The third-order valence-corrected chi connectivity index (χ3v) is 9.03. The second-order valence-electron chi connectivity index (χ2n) is 12.1. The number of nitrogens with one attached hydrogen (secondary N) is 1. The van der Waals surface area contributed by atoms with Crippen LogP contribution in [0.5, 0.6) is 23.0 Å². The Labute approximate surface area is 284 Å². The molecule has 252 valence electrons. The minimum atomic E-state index is -1.80. The van der Waals surface area contributed by atoms with Gasteiger partial charge < -0.3 is 38.8 Å². The highest BCUT2D eigenvalue weighted by atomic mass is 35.5. The Hall–Kier alpha value is -5.53. The molecule has 0 fully saturated rings. The maximum absolute atomic E-state index is 14.2. The summed E-state index contributed by atoms with van der Waals surface area (Å²) in [5.74, 6) is -0.671. The van der Waals surface area contributed by atoms with Gasteiger partial charge in [-0.2, -0.15) is 0 Å². The number of fused-ring (bicyclic) bond motifs is 5. The molecule has 13 nitrogen and oxygen atoms in total. The number of anilines is 1. The molecule has 0 saturated carbocycles. The summed E-state index contributed by atoms with van der Waals surface area (Å²) >= 11 is 6.48. The summed E-state index contributed by atoms with van der Waals surface area (Å²) in [7, 11) is 3.94. The van der Waals surface area contributed by atoms with Crippen molar-refractivity contribution in [3.63, 3.8) is 0 Å². The van der Waals surface area contributed by atoms with Gasteiger partial charge in [0.05, 0.1) is 22.2 Å². The minimum absolute atomic E-state index is 0.123. The lowest BCUT2D eigenvalue weighted by atomic mass is 9.95. The average Bonchev–Trinajstić information content (AvgIpc) is 3.82. The predicted molar refractivity (Wildman–Crippen MR) is 182 cm³/mol. The van der Waals surface area contributed by atoms with Gasteiger partial charge in [-0.25, -0.2) is 4.79 Å². The molecule has 1 amide bonds. The minimum Gasteiger partial charge on any atom is -0.492 e. The molecule has 2 aliphatic heterocycles. The smallest absolute Gasteiger partial charge is 0.349 e. The SMILES string of the molecule is CN(C)CCOc1ccc2[nH]c(C(=O)N3C[C@@H](CCl)c4c3cc(OC(C(=O)O)c3cc5c(cc3[N+](=O)[O-])OCO5)c3ccccc43)cc2c1. The number of alkyl halides is 1. The first kappa shape index (κ1) is 32.0. The summed E-state index contributed by atoms with van der Waals surface area (Å²) in [6.45, 7) is 1.39. The Morgan fingerprint density at radius 3 is 2.57 bits per heavy atom. The van der Waals surface area contributed by atoms with Crippen LogP contribution in [0, 0.1) is 10.1 Å². The van der Waals surface area contributed by atoms with Gasteiger partial charge in [-0.3, -0.25) is 14.9 Å². The number of aromatic amines is 1. The Morgan fingerprint density at radius 2 is 1.86 bits per heavy atom. The van der Waals surface area contributed by atoms with Crippen molar-refractivity contribution in [3.05, 3.63) is 93.7 Å². The summed E-state index contributed by atoms with van der Waals surface area (Å²) in [4.78, 5) is 45.0. The molecule has 7 rings (SSSR count). The largest absolute Gasteiger partial charge is 0.492 e. The molecule has 1 unspecified atom stereocenters. The predicted octanol–water partition coefficient (Wildman–Crippen LogP) is 6.09. The Bertz CT molecular complexity index is 2130. The van der Waals surface area contributed by atoms with Crippen LogP contribution in [0.4, 0.5) is 11.4 Å². The van der Waals surface area contributed by atoms with E-state index in [2.05, 4.69) is 4.98 Å². The molecular weight excluding hydrogens is 656 g/mol. The van der Waals surface area contributed by atoms with Gasteiger partial charge in [0.25, 0.3) is 11.6 Å². The topological polar surface area (TPSA) is 157 Å². The van der Waals surface area contributed by atoms with E-state index in [1.165, 1.54) is 6.07 Å². The Balaban J connectivity index is 1.28. The normalized spacial score (nSPS) is 15.5. The molecular formula is C35H31ClN4O9. The number of hydrogen-bond donors (Lipinski definition) is 2. The van der Waals surface area contributed by atoms with Crippen molar-refractivity contribution in [2.75, 3.05) is 51.4 Å². The van der Waals surface area contributed by atoms with E-state index in [1.807, 2.05) is 49.3 Å². The zero-order valence-corrected chi connectivity index (χ0v) is 27.2. The molecule has 0 spiro atoms. The van der Waals surface area contributed by atoms with Gasteiger partial charge in [0, 0.05) is 47.2 Å². The van der Waals surface area contributed by atoms with Crippen LogP contribution >= 0.6 is 11.6 Å². The first-order valence-electron chi connectivity index (χ1n) is 15.4. The van der Waals surface area contributed by atoms with Crippen LogP contribution in [0.1, 0.15) is 33.6 Å². The number of carbonyl (C=O) groups excluding carboxylic acids is 1. The number of rotatable bonds is 11. The molecule has 0 radical (unpaired) electrons. The number of hydrogen-bond acceptors (Lipinski definition) is 9. The molecule has 3 heterocycles. The highest BCUT2D eigenvalue weighted by Crippen LogP contribution is 2.48. The number of nitro groups is 1. The number of halogens is 1. The first-order chi connectivity index (χ1) is 23.6. The van der Waals surface area contributed by atoms with Gasteiger partial charge in [-0.15, -0.1) is 11.6 Å². The van der Waals surface area contributed by atoms with E-state index in [0.29, 0.717) is 29.1 Å². The molecule has 2 aliphatic rings. The lowest BCUT2D eigenvalue weighted by molar-refractivity contribution is -0.386. The standard InChI is InChI=1S/C35H31ClN4O9/c1-38(2)9-10-46-21-7-8-25-19(11-21)12-26(37-25)34(41)39-17-20(16-36)32-23-6-4-3-5-22(23)29(15-28(32)39)49-33(35(42)43)24-13-30-31(48-18-47-30)14-27(24)40(44)45/h3-8,11-15,20,33,37H,9-10,16-18H2,1-2H3,(H,42,43)/t20-,33?/m1/s1. The maximum Gasteiger partial charge on any atom is 0.349 e. The van der Waals surface area contributed by atoms with Crippen LogP contribution < -0.4 is 23.8 Å². The van der Waals surface area contributed by atoms with Gasteiger partial charge in [0.1, 0.15) is 23.8 Å². The number of carboxylic acid groups (broad SMARTS) is 1. The number of likely N-dealkylation sites (N-methyl/N-ethyl adjacent to an activating group) is 1. The van der Waals surface area contributed by atoms with E-state index < -0.39 is 22.7 Å². The van der Waals surface area contributed by atoms with Gasteiger partial charge in [-0.05, 0) is 55.4 Å². The van der Waals surface area contributed by atoms with Gasteiger partial charge in [0.15, 0.2) is 11.5 Å². The number of ether oxygens (including phenoxy) is 4. The summed E-state index contributed by atoms with van der Waals surface area (Å²) < 4.78 is 22.7. The highest BCUT2D eigenvalue weighted by Gasteiger charge is 2.38. The third-order valence-electron chi connectivity index (χ3n) is 8.66. The molecule has 5 aromatic rings. The second kappa shape index (κ2) is 12.8. The maximum atomic E-state index is 14.2. The van der Waals surface area contributed by atoms with Crippen LogP contribution in [-0.2, 0) is 4.79 Å². The van der Waals surface area contributed by atoms with Crippen molar-refractivity contribution in [1.82, 2.24) is 9.88 Å². The molecule has 14 heteroatoms. The number of amides is 1. The first-order valence-corrected chi connectivity index (χ1v) is 16.0. The highest BCUT2D eigenvalue weighted by molar-refractivity contribution is 6.19. The van der Waals surface area contributed by atoms with Crippen LogP contribution in [-0.4, -0.2) is 78.3 Å². The lowest BCUT2D eigenvalue weighted by Gasteiger charge is -2.21. The number of nitrogens with zero attached hydrogens (tertiary/aromatic N) is 3. The number of H-pyrrole nitrogens is 1. The fourth-order valence-corrected chi connectivity index (χ4v) is 6.58. The van der Waals surface area contributed by atoms with Gasteiger partial charge in [-0.1, -0.05) is 24.3 Å². The van der Waals surface area contributed by atoms with Gasteiger partial charge in [0.2, 0.25) is 12.9 Å². The fraction of sp³-hybridized carbons (Fsp3) is 0.257. The van der Waals surface area contributed by atoms with E-state index in [-0.39, 0.29) is 53.9 Å². The van der Waals surface area contributed by atoms with Crippen molar-refractivity contribution in [3.8, 4) is 23.0 Å². The molecule has 49 heavy (non-hydrogen) atoms. The third kappa shape index (κ3) is 5.91. The number of carbonyl (C=O) groups is 2. The van der Waals surface area contributed by atoms with Crippen LogP contribution in [0.25, 0.3) is 21.7 Å². The fourth-order valence-electron chi connectivity index (χ4n) is 6.32. The van der Waals surface area contributed by atoms with Crippen molar-refractivity contribution >= 4 is 56.5 Å². The van der Waals surface area contributed by atoms with Crippen molar-refractivity contribution < 1.29 is 38.6 Å². The van der Waals surface area contributed by atoms with Crippen LogP contribution in [0.2, 0.25) is 0 Å². The molecule has 0 aliphatic carbocycles.